The van der Waals surface area contributed by atoms with E-state index < -0.39 is 0 Å². The molecule has 0 saturated carbocycles. The van der Waals surface area contributed by atoms with E-state index in [1.54, 1.807) is 19.1 Å². The van der Waals surface area contributed by atoms with Crippen molar-refractivity contribution >= 4 is 22.5 Å². The minimum Gasteiger partial charge on any atom is -0.497 e. The molecule has 0 unspecified atom stereocenters. The molecule has 1 amide bonds. The standard InChI is InChI=1S/C17H16N2O2/c1-19(14-4-6-15(21-2)7-5-14)17(20)13-3-8-16-12(11-13)9-10-18-16/h3-11,18H,1-2H3. The van der Waals surface area contributed by atoms with E-state index in [1.807, 2.05) is 54.7 Å². The van der Waals surface area contributed by atoms with Crippen LogP contribution in [0.4, 0.5) is 5.69 Å². The maximum Gasteiger partial charge on any atom is 0.258 e. The summed E-state index contributed by atoms with van der Waals surface area (Å²) in [6, 6.07) is 15.0. The van der Waals surface area contributed by atoms with Crippen LogP contribution in [-0.2, 0) is 0 Å². The summed E-state index contributed by atoms with van der Waals surface area (Å²) in [6.45, 7) is 0. The number of aromatic nitrogens is 1. The number of rotatable bonds is 3. The van der Waals surface area contributed by atoms with Crippen molar-refractivity contribution in [3.63, 3.8) is 0 Å². The van der Waals surface area contributed by atoms with Gasteiger partial charge in [0.1, 0.15) is 5.75 Å². The predicted octanol–water partition coefficient (Wildman–Crippen LogP) is 3.45. The van der Waals surface area contributed by atoms with E-state index in [0.717, 1.165) is 22.3 Å². The molecule has 4 heteroatoms. The van der Waals surface area contributed by atoms with Crippen molar-refractivity contribution in [2.75, 3.05) is 19.1 Å². The summed E-state index contributed by atoms with van der Waals surface area (Å²) in [5.41, 5.74) is 2.52. The van der Waals surface area contributed by atoms with E-state index in [9.17, 15) is 4.79 Å². The molecule has 0 radical (unpaired) electrons. The second-order valence-corrected chi connectivity index (χ2v) is 4.84. The predicted molar refractivity (Wildman–Crippen MR) is 84.0 cm³/mol. The zero-order valence-electron chi connectivity index (χ0n) is 12.0. The third-order valence-corrected chi connectivity index (χ3v) is 3.56. The number of carbonyl (C=O) groups excluding carboxylic acids is 1. The summed E-state index contributed by atoms with van der Waals surface area (Å²) in [5, 5.41) is 1.03. The van der Waals surface area contributed by atoms with E-state index in [4.69, 9.17) is 4.74 Å². The highest BCUT2D eigenvalue weighted by molar-refractivity contribution is 6.07. The molecule has 0 saturated heterocycles. The van der Waals surface area contributed by atoms with Crippen molar-refractivity contribution in [1.82, 2.24) is 4.98 Å². The van der Waals surface area contributed by atoms with Crippen molar-refractivity contribution < 1.29 is 9.53 Å². The highest BCUT2D eigenvalue weighted by atomic mass is 16.5. The molecule has 106 valence electrons. The third kappa shape index (κ3) is 2.48. The number of ether oxygens (including phenoxy) is 1. The van der Waals surface area contributed by atoms with E-state index >= 15 is 0 Å². The molecule has 0 aliphatic heterocycles. The summed E-state index contributed by atoms with van der Waals surface area (Å²) in [4.78, 5) is 17.3. The molecule has 0 bridgehead atoms. The monoisotopic (exact) mass is 280 g/mol. The van der Waals surface area contributed by atoms with Crippen LogP contribution in [-0.4, -0.2) is 25.0 Å². The quantitative estimate of drug-likeness (QED) is 0.798. The van der Waals surface area contributed by atoms with Gasteiger partial charge in [0.05, 0.1) is 7.11 Å². The number of methoxy groups -OCH3 is 1. The van der Waals surface area contributed by atoms with Crippen LogP contribution in [0.5, 0.6) is 5.75 Å². The molecule has 0 fully saturated rings. The first-order chi connectivity index (χ1) is 10.2. The van der Waals surface area contributed by atoms with Gasteiger partial charge in [-0.05, 0) is 48.5 Å². The number of hydrogen-bond donors (Lipinski definition) is 1. The Morgan fingerprint density at radius 2 is 1.86 bits per heavy atom. The zero-order chi connectivity index (χ0) is 14.8. The lowest BCUT2D eigenvalue weighted by Crippen LogP contribution is -2.26. The fraction of sp³-hybridized carbons (Fsp3) is 0.118. The van der Waals surface area contributed by atoms with E-state index in [2.05, 4.69) is 4.98 Å². The molecule has 4 nitrogen and oxygen atoms in total. The van der Waals surface area contributed by atoms with Crippen molar-refractivity contribution in [1.29, 1.82) is 0 Å². The topological polar surface area (TPSA) is 45.3 Å². The van der Waals surface area contributed by atoms with Gasteiger partial charge >= 0.3 is 0 Å². The fourth-order valence-corrected chi connectivity index (χ4v) is 2.30. The number of amides is 1. The Balaban J connectivity index is 1.88. The molecule has 21 heavy (non-hydrogen) atoms. The molecule has 3 rings (SSSR count). The van der Waals surface area contributed by atoms with Crippen LogP contribution < -0.4 is 9.64 Å². The number of hydrogen-bond acceptors (Lipinski definition) is 2. The maximum absolute atomic E-state index is 12.5. The first-order valence-electron chi connectivity index (χ1n) is 6.68. The van der Waals surface area contributed by atoms with Crippen LogP contribution in [0, 0.1) is 0 Å². The second-order valence-electron chi connectivity index (χ2n) is 4.84. The Labute approximate surface area is 123 Å². The van der Waals surface area contributed by atoms with Crippen molar-refractivity contribution in [2.45, 2.75) is 0 Å². The van der Waals surface area contributed by atoms with Crippen LogP contribution in [0.1, 0.15) is 10.4 Å². The summed E-state index contributed by atoms with van der Waals surface area (Å²) < 4.78 is 5.13. The normalized spacial score (nSPS) is 10.6. The third-order valence-electron chi connectivity index (χ3n) is 3.56. The number of carbonyl (C=O) groups is 1. The number of fused-ring (bicyclic) bond motifs is 1. The molecule has 1 heterocycles. The fourth-order valence-electron chi connectivity index (χ4n) is 2.30. The molecule has 0 aliphatic carbocycles. The minimum atomic E-state index is -0.0386. The van der Waals surface area contributed by atoms with Crippen LogP contribution in [0.2, 0.25) is 0 Å². The molecule has 2 aromatic carbocycles. The molecule has 0 aliphatic rings. The summed E-state index contributed by atoms with van der Waals surface area (Å²) in [6.07, 6.45) is 1.87. The average Bonchev–Trinajstić information content (AvgIpc) is 3.01. The number of nitrogens with one attached hydrogen (secondary N) is 1. The first kappa shape index (κ1) is 13.2. The molecule has 1 aromatic heterocycles. The molecule has 0 atom stereocenters. The Hall–Kier alpha value is -2.75. The van der Waals surface area contributed by atoms with E-state index in [-0.39, 0.29) is 5.91 Å². The van der Waals surface area contributed by atoms with Crippen molar-refractivity contribution in [2.24, 2.45) is 0 Å². The lowest BCUT2D eigenvalue weighted by molar-refractivity contribution is 0.0993. The van der Waals surface area contributed by atoms with Gasteiger partial charge < -0.3 is 14.6 Å². The number of anilines is 1. The maximum atomic E-state index is 12.5. The summed E-state index contributed by atoms with van der Waals surface area (Å²) in [5.74, 6) is 0.733. The Morgan fingerprint density at radius 3 is 2.57 bits per heavy atom. The molecule has 0 spiro atoms. The highest BCUT2D eigenvalue weighted by Crippen LogP contribution is 2.21. The second kappa shape index (κ2) is 5.32. The van der Waals surface area contributed by atoms with Gasteiger partial charge in [0.2, 0.25) is 0 Å². The van der Waals surface area contributed by atoms with Crippen molar-refractivity contribution in [3.8, 4) is 5.75 Å². The number of benzene rings is 2. The highest BCUT2D eigenvalue weighted by Gasteiger charge is 2.14. The van der Waals surface area contributed by atoms with Gasteiger partial charge in [-0.25, -0.2) is 0 Å². The van der Waals surface area contributed by atoms with Gasteiger partial charge in [0.25, 0.3) is 5.91 Å². The van der Waals surface area contributed by atoms with Gasteiger partial charge in [-0.2, -0.15) is 0 Å². The largest absolute Gasteiger partial charge is 0.497 e. The van der Waals surface area contributed by atoms with E-state index in [1.165, 1.54) is 0 Å². The number of H-pyrrole nitrogens is 1. The molecular formula is C17H16N2O2. The smallest absolute Gasteiger partial charge is 0.258 e. The lowest BCUT2D eigenvalue weighted by atomic mass is 10.1. The zero-order valence-corrected chi connectivity index (χ0v) is 12.0. The summed E-state index contributed by atoms with van der Waals surface area (Å²) >= 11 is 0. The van der Waals surface area contributed by atoms with Crippen molar-refractivity contribution in [3.05, 3.63) is 60.3 Å². The number of aromatic amines is 1. The molecule has 1 N–H and O–H groups in total. The van der Waals surface area contributed by atoms with Crippen LogP contribution >= 0.6 is 0 Å². The van der Waals surface area contributed by atoms with Crippen LogP contribution in [0.25, 0.3) is 10.9 Å². The lowest BCUT2D eigenvalue weighted by Gasteiger charge is -2.17. The van der Waals surface area contributed by atoms with Gasteiger partial charge in [0, 0.05) is 35.4 Å². The van der Waals surface area contributed by atoms with Gasteiger partial charge in [0.15, 0.2) is 0 Å². The molecular weight excluding hydrogens is 264 g/mol. The first-order valence-corrected chi connectivity index (χ1v) is 6.68. The van der Waals surface area contributed by atoms with Crippen LogP contribution in [0.3, 0.4) is 0 Å². The van der Waals surface area contributed by atoms with Gasteiger partial charge in [-0.3, -0.25) is 4.79 Å². The van der Waals surface area contributed by atoms with Gasteiger partial charge in [-0.1, -0.05) is 0 Å². The minimum absolute atomic E-state index is 0.0386. The Kier molecular flexibility index (Phi) is 3.36. The SMILES string of the molecule is COc1ccc(N(C)C(=O)c2ccc3[nH]ccc3c2)cc1. The number of nitrogens with zero attached hydrogens (tertiary/aromatic N) is 1. The van der Waals surface area contributed by atoms with Crippen LogP contribution in [0.15, 0.2) is 54.7 Å². The average molecular weight is 280 g/mol. The Bertz CT molecular complexity index is 775. The van der Waals surface area contributed by atoms with Gasteiger partial charge in [-0.15, -0.1) is 0 Å². The van der Waals surface area contributed by atoms with E-state index in [0.29, 0.717) is 5.56 Å². The molecule has 3 aromatic rings. The summed E-state index contributed by atoms with van der Waals surface area (Å²) in [7, 11) is 3.39. The Morgan fingerprint density at radius 1 is 1.10 bits per heavy atom.